The van der Waals surface area contributed by atoms with Crippen molar-refractivity contribution in [3.63, 3.8) is 0 Å². The zero-order chi connectivity index (χ0) is 18.8. The minimum atomic E-state index is 0.105. The van der Waals surface area contributed by atoms with Gasteiger partial charge in [-0.2, -0.15) is 0 Å². The van der Waals surface area contributed by atoms with Crippen LogP contribution in [0, 0.1) is 11.8 Å². The Bertz CT molecular complexity index is 802. The van der Waals surface area contributed by atoms with Crippen molar-refractivity contribution in [2.24, 2.45) is 11.8 Å². The van der Waals surface area contributed by atoms with E-state index < -0.39 is 0 Å². The van der Waals surface area contributed by atoms with Crippen molar-refractivity contribution >= 4 is 17.7 Å². The molecule has 2 saturated carbocycles. The second kappa shape index (κ2) is 7.92. The van der Waals surface area contributed by atoms with E-state index in [4.69, 9.17) is 4.74 Å². The molecule has 2 fully saturated rings. The molecule has 0 saturated heterocycles. The third-order valence-corrected chi connectivity index (χ3v) is 6.27. The van der Waals surface area contributed by atoms with Gasteiger partial charge < -0.3 is 14.6 Å². The highest BCUT2D eigenvalue weighted by molar-refractivity contribution is 7.99. The summed E-state index contributed by atoms with van der Waals surface area (Å²) in [6, 6.07) is 8.19. The molecule has 6 nitrogen and oxygen atoms in total. The predicted molar refractivity (Wildman–Crippen MR) is 106 cm³/mol. The van der Waals surface area contributed by atoms with Crippen molar-refractivity contribution in [2.45, 2.75) is 50.4 Å². The minimum absolute atomic E-state index is 0.105. The van der Waals surface area contributed by atoms with E-state index in [0.29, 0.717) is 23.6 Å². The number of hydrogen-bond donors (Lipinski definition) is 1. The summed E-state index contributed by atoms with van der Waals surface area (Å²) in [5.74, 6) is 3.44. The molecule has 0 radical (unpaired) electrons. The lowest BCUT2D eigenvalue weighted by Crippen LogP contribution is -2.39. The van der Waals surface area contributed by atoms with Crippen LogP contribution >= 0.6 is 11.8 Å². The number of benzene rings is 1. The molecule has 1 amide bonds. The molecule has 2 aromatic rings. The maximum atomic E-state index is 12.5. The van der Waals surface area contributed by atoms with Crippen molar-refractivity contribution < 1.29 is 9.53 Å². The second-order valence-corrected chi connectivity index (χ2v) is 8.25. The molecular formula is C20H26N4O2S. The first-order valence-corrected chi connectivity index (χ1v) is 10.7. The van der Waals surface area contributed by atoms with Crippen molar-refractivity contribution in [2.75, 3.05) is 12.9 Å². The monoisotopic (exact) mass is 386 g/mol. The quantitative estimate of drug-likeness (QED) is 0.669. The van der Waals surface area contributed by atoms with Crippen LogP contribution in [0.5, 0.6) is 5.75 Å². The molecule has 27 heavy (non-hydrogen) atoms. The molecule has 1 aromatic heterocycles. The van der Waals surface area contributed by atoms with Gasteiger partial charge in [0.15, 0.2) is 11.0 Å². The molecule has 0 unspecified atom stereocenters. The number of aromatic nitrogens is 3. The van der Waals surface area contributed by atoms with Gasteiger partial charge in [0.05, 0.1) is 18.4 Å². The van der Waals surface area contributed by atoms with Crippen LogP contribution < -0.4 is 10.1 Å². The number of nitrogens with zero attached hydrogens (tertiary/aromatic N) is 3. The molecule has 0 atom stereocenters. The van der Waals surface area contributed by atoms with Crippen LogP contribution in [0.25, 0.3) is 11.4 Å². The predicted octanol–water partition coefficient (Wildman–Crippen LogP) is 3.37. The summed E-state index contributed by atoms with van der Waals surface area (Å²) in [5.41, 5.74) is 0.910. The van der Waals surface area contributed by atoms with Gasteiger partial charge in [-0.25, -0.2) is 0 Å². The van der Waals surface area contributed by atoms with Gasteiger partial charge in [-0.3, -0.25) is 4.79 Å². The molecule has 1 aromatic carbocycles. The third-order valence-electron chi connectivity index (χ3n) is 5.30. The van der Waals surface area contributed by atoms with Crippen LogP contribution in [0.2, 0.25) is 0 Å². The fraction of sp³-hybridized carbons (Fsp3) is 0.550. The smallest absolute Gasteiger partial charge is 0.230 e. The number of rotatable bonds is 9. The molecule has 0 spiro atoms. The number of thioether (sulfide) groups is 1. The Morgan fingerprint density at radius 2 is 1.96 bits per heavy atom. The summed E-state index contributed by atoms with van der Waals surface area (Å²) in [6.07, 6.45) is 5.06. The lowest BCUT2D eigenvalue weighted by atomic mass is 10.1. The van der Waals surface area contributed by atoms with Crippen LogP contribution in [-0.2, 0) is 11.3 Å². The van der Waals surface area contributed by atoms with Crippen molar-refractivity contribution in [1.82, 2.24) is 20.1 Å². The van der Waals surface area contributed by atoms with E-state index in [1.807, 2.05) is 28.8 Å². The Morgan fingerprint density at radius 1 is 1.26 bits per heavy atom. The molecule has 7 heteroatoms. The van der Waals surface area contributed by atoms with E-state index in [1.54, 1.807) is 7.11 Å². The number of nitrogens with one attached hydrogen (secondary N) is 1. The van der Waals surface area contributed by atoms with E-state index in [-0.39, 0.29) is 5.91 Å². The third kappa shape index (κ3) is 4.13. The zero-order valence-electron chi connectivity index (χ0n) is 15.9. The van der Waals surface area contributed by atoms with Gasteiger partial charge in [-0.15, -0.1) is 10.2 Å². The number of hydrogen-bond acceptors (Lipinski definition) is 5. The van der Waals surface area contributed by atoms with E-state index in [0.717, 1.165) is 28.8 Å². The fourth-order valence-corrected chi connectivity index (χ4v) is 4.41. The Balaban J connectivity index is 1.43. The fourth-order valence-electron chi connectivity index (χ4n) is 3.60. The molecule has 1 N–H and O–H groups in total. The van der Waals surface area contributed by atoms with Gasteiger partial charge in [0.2, 0.25) is 5.91 Å². The molecule has 144 valence electrons. The molecule has 0 bridgehead atoms. The topological polar surface area (TPSA) is 69.0 Å². The first-order valence-electron chi connectivity index (χ1n) is 9.70. The molecule has 4 rings (SSSR count). The summed E-state index contributed by atoms with van der Waals surface area (Å²) in [5, 5.41) is 12.7. The lowest BCUT2D eigenvalue weighted by Gasteiger charge is -2.17. The molecule has 1 heterocycles. The van der Waals surface area contributed by atoms with Crippen molar-refractivity contribution in [1.29, 1.82) is 0 Å². The summed E-state index contributed by atoms with van der Waals surface area (Å²) >= 11 is 1.45. The van der Waals surface area contributed by atoms with Gasteiger partial charge in [0.25, 0.3) is 0 Å². The van der Waals surface area contributed by atoms with E-state index in [1.165, 1.54) is 37.4 Å². The SMILES string of the molecule is CCn1c(SCC(=O)NC(C2CC2)C2CC2)nnc1-c1ccccc1OC. The summed E-state index contributed by atoms with van der Waals surface area (Å²) in [4.78, 5) is 12.5. The summed E-state index contributed by atoms with van der Waals surface area (Å²) in [6.45, 7) is 2.79. The minimum Gasteiger partial charge on any atom is -0.496 e. The van der Waals surface area contributed by atoms with Gasteiger partial charge in [0.1, 0.15) is 5.75 Å². The van der Waals surface area contributed by atoms with E-state index in [2.05, 4.69) is 22.4 Å². The Hall–Kier alpha value is -2.02. The molecular weight excluding hydrogens is 360 g/mol. The number of carbonyl (C=O) groups is 1. The number of ether oxygens (including phenoxy) is 1. The zero-order valence-corrected chi connectivity index (χ0v) is 16.7. The molecule has 2 aliphatic rings. The number of para-hydroxylation sites is 1. The highest BCUT2D eigenvalue weighted by Gasteiger charge is 2.42. The Labute approximate surface area is 164 Å². The normalized spacial score (nSPS) is 16.6. The molecule has 0 aliphatic heterocycles. The van der Waals surface area contributed by atoms with Gasteiger partial charge in [0, 0.05) is 12.6 Å². The van der Waals surface area contributed by atoms with E-state index in [9.17, 15) is 4.79 Å². The van der Waals surface area contributed by atoms with Crippen LogP contribution in [0.15, 0.2) is 29.4 Å². The van der Waals surface area contributed by atoms with Crippen LogP contribution in [0.4, 0.5) is 0 Å². The summed E-state index contributed by atoms with van der Waals surface area (Å²) in [7, 11) is 1.65. The highest BCUT2D eigenvalue weighted by atomic mass is 32.2. The van der Waals surface area contributed by atoms with Crippen LogP contribution in [0.3, 0.4) is 0 Å². The van der Waals surface area contributed by atoms with Crippen molar-refractivity contribution in [3.05, 3.63) is 24.3 Å². The average Bonchev–Trinajstić information content (AvgIpc) is 3.61. The van der Waals surface area contributed by atoms with Gasteiger partial charge in [-0.1, -0.05) is 23.9 Å². The number of amides is 1. The van der Waals surface area contributed by atoms with Gasteiger partial charge >= 0.3 is 0 Å². The first kappa shape index (κ1) is 18.3. The Morgan fingerprint density at radius 3 is 2.59 bits per heavy atom. The largest absolute Gasteiger partial charge is 0.496 e. The first-order chi connectivity index (χ1) is 13.2. The lowest BCUT2D eigenvalue weighted by molar-refractivity contribution is -0.119. The average molecular weight is 387 g/mol. The maximum Gasteiger partial charge on any atom is 0.230 e. The van der Waals surface area contributed by atoms with Crippen molar-refractivity contribution in [3.8, 4) is 17.1 Å². The maximum absolute atomic E-state index is 12.5. The van der Waals surface area contributed by atoms with E-state index >= 15 is 0 Å². The second-order valence-electron chi connectivity index (χ2n) is 7.31. The van der Waals surface area contributed by atoms with Crippen LogP contribution in [-0.4, -0.2) is 39.6 Å². The highest BCUT2D eigenvalue weighted by Crippen LogP contribution is 2.44. The van der Waals surface area contributed by atoms with Gasteiger partial charge in [-0.05, 0) is 56.6 Å². The number of methoxy groups -OCH3 is 1. The molecule has 2 aliphatic carbocycles. The van der Waals surface area contributed by atoms with Crippen LogP contribution in [0.1, 0.15) is 32.6 Å². The Kier molecular flexibility index (Phi) is 5.38. The summed E-state index contributed by atoms with van der Waals surface area (Å²) < 4.78 is 7.49. The number of carbonyl (C=O) groups excluding carboxylic acids is 1. The standard InChI is InChI=1S/C20H26N4O2S/c1-3-24-19(15-6-4-5-7-16(15)26-2)22-23-20(24)27-12-17(25)21-18(13-8-9-13)14-10-11-14/h4-7,13-14,18H,3,8-12H2,1-2H3,(H,21,25).